The zero-order valence-corrected chi connectivity index (χ0v) is 21.6. The minimum Gasteiger partial charge on any atom is -0.353 e. The Hall–Kier alpha value is -3.86. The van der Waals surface area contributed by atoms with E-state index in [0.717, 1.165) is 0 Å². The number of carbonyl (C=O) groups is 4. The van der Waals surface area contributed by atoms with Crippen molar-refractivity contribution in [1.29, 1.82) is 0 Å². The highest BCUT2D eigenvalue weighted by molar-refractivity contribution is 5.98. The molecular formula is C28H30F2N4O5. The maximum atomic E-state index is 13.8. The molecule has 2 aromatic rings. The van der Waals surface area contributed by atoms with E-state index in [0.29, 0.717) is 31.7 Å². The summed E-state index contributed by atoms with van der Waals surface area (Å²) in [5.41, 5.74) is -0.533. The van der Waals surface area contributed by atoms with Gasteiger partial charge < -0.3 is 19.4 Å². The minimum atomic E-state index is -1.12. The van der Waals surface area contributed by atoms with Crippen LogP contribution in [-0.2, 0) is 14.3 Å². The van der Waals surface area contributed by atoms with Crippen LogP contribution in [0.1, 0.15) is 40.5 Å². The van der Waals surface area contributed by atoms with E-state index in [1.165, 1.54) is 60.4 Å². The maximum absolute atomic E-state index is 13.8. The summed E-state index contributed by atoms with van der Waals surface area (Å²) >= 11 is 0. The molecule has 3 saturated heterocycles. The van der Waals surface area contributed by atoms with Crippen molar-refractivity contribution in [2.24, 2.45) is 0 Å². The molecule has 3 heterocycles. The van der Waals surface area contributed by atoms with Gasteiger partial charge in [0.25, 0.3) is 11.8 Å². The lowest BCUT2D eigenvalue weighted by Gasteiger charge is -2.45. The fourth-order valence-corrected chi connectivity index (χ4v) is 5.57. The SMILES string of the molecule is CC(=O)N1CCN(C(=O)[C@H]2COC3(CCN(C(=O)c4ccc(F)cc4)CC3)N2C(=O)c2ccc(F)cc2)CC1. The molecule has 4 amide bonds. The minimum absolute atomic E-state index is 0.00933. The van der Waals surface area contributed by atoms with Gasteiger partial charge in [-0.3, -0.25) is 24.1 Å². The number of carbonyl (C=O) groups excluding carboxylic acids is 4. The normalized spacial score (nSPS) is 20.8. The third-order valence-corrected chi connectivity index (χ3v) is 7.82. The topological polar surface area (TPSA) is 90.5 Å². The molecule has 39 heavy (non-hydrogen) atoms. The molecule has 3 aliphatic heterocycles. The van der Waals surface area contributed by atoms with Gasteiger partial charge >= 0.3 is 0 Å². The molecular weight excluding hydrogens is 510 g/mol. The number of benzene rings is 2. The zero-order valence-electron chi connectivity index (χ0n) is 21.6. The molecule has 3 fully saturated rings. The van der Waals surface area contributed by atoms with Crippen molar-refractivity contribution in [3.8, 4) is 0 Å². The van der Waals surface area contributed by atoms with Crippen LogP contribution in [0.3, 0.4) is 0 Å². The first-order chi connectivity index (χ1) is 18.7. The van der Waals surface area contributed by atoms with E-state index in [9.17, 15) is 28.0 Å². The fourth-order valence-electron chi connectivity index (χ4n) is 5.57. The van der Waals surface area contributed by atoms with E-state index in [1.54, 1.807) is 14.7 Å². The van der Waals surface area contributed by atoms with Crippen LogP contribution in [0, 0.1) is 11.6 Å². The largest absolute Gasteiger partial charge is 0.353 e. The molecule has 11 heteroatoms. The summed E-state index contributed by atoms with van der Waals surface area (Å²) in [6, 6.07) is 9.57. The molecule has 9 nitrogen and oxygen atoms in total. The first-order valence-corrected chi connectivity index (χ1v) is 13.0. The smallest absolute Gasteiger partial charge is 0.256 e. The molecule has 0 saturated carbocycles. The van der Waals surface area contributed by atoms with Gasteiger partial charge in [-0.25, -0.2) is 8.78 Å². The maximum Gasteiger partial charge on any atom is 0.256 e. The molecule has 0 unspecified atom stereocenters. The van der Waals surface area contributed by atoms with Gasteiger partial charge in [0.15, 0.2) is 0 Å². The van der Waals surface area contributed by atoms with Crippen LogP contribution in [0.15, 0.2) is 48.5 Å². The Kier molecular flexibility index (Phi) is 7.35. The van der Waals surface area contributed by atoms with Gasteiger partial charge in [-0.05, 0) is 48.5 Å². The molecule has 0 N–H and O–H groups in total. The van der Waals surface area contributed by atoms with E-state index in [1.807, 2.05) is 0 Å². The van der Waals surface area contributed by atoms with Crippen molar-refractivity contribution in [2.75, 3.05) is 45.9 Å². The second-order valence-corrected chi connectivity index (χ2v) is 10.1. The lowest BCUT2D eigenvalue weighted by Crippen LogP contribution is -2.61. The first-order valence-electron chi connectivity index (χ1n) is 13.0. The van der Waals surface area contributed by atoms with Crippen molar-refractivity contribution in [3.05, 3.63) is 71.3 Å². The average Bonchev–Trinajstić information content (AvgIpc) is 3.31. The molecule has 0 radical (unpaired) electrons. The Morgan fingerprint density at radius 3 is 1.72 bits per heavy atom. The van der Waals surface area contributed by atoms with Gasteiger partial charge in [0, 0.05) is 70.2 Å². The highest BCUT2D eigenvalue weighted by Gasteiger charge is 2.55. The van der Waals surface area contributed by atoms with Gasteiger partial charge in [-0.15, -0.1) is 0 Å². The quantitative estimate of drug-likeness (QED) is 0.595. The standard InChI is InChI=1S/C28H30F2N4O5/c1-19(35)31-14-16-33(17-15-31)27(38)24-18-39-28(34(24)26(37)21-4-8-23(30)9-5-21)10-12-32(13-11-28)25(36)20-2-6-22(29)7-3-20/h2-9,24H,10-18H2,1H3/t24-/m1/s1. The molecule has 206 valence electrons. The van der Waals surface area contributed by atoms with Gasteiger partial charge in [-0.2, -0.15) is 0 Å². The van der Waals surface area contributed by atoms with E-state index >= 15 is 0 Å². The molecule has 0 aromatic heterocycles. The number of ether oxygens (including phenoxy) is 1. The average molecular weight is 541 g/mol. The van der Waals surface area contributed by atoms with Crippen LogP contribution < -0.4 is 0 Å². The number of halogens is 2. The van der Waals surface area contributed by atoms with Gasteiger partial charge in [0.1, 0.15) is 23.4 Å². The number of hydrogen-bond donors (Lipinski definition) is 0. The van der Waals surface area contributed by atoms with Gasteiger partial charge in [0.05, 0.1) is 6.61 Å². The van der Waals surface area contributed by atoms with Crippen molar-refractivity contribution < 1.29 is 32.7 Å². The molecule has 1 atom stereocenters. The summed E-state index contributed by atoms with van der Waals surface area (Å²) in [6.07, 6.45) is 0.545. The fraction of sp³-hybridized carbons (Fsp3) is 0.429. The molecule has 0 aliphatic carbocycles. The number of amides is 4. The summed E-state index contributed by atoms with van der Waals surface area (Å²) in [5.74, 6) is -1.95. The molecule has 5 rings (SSSR count). The first kappa shape index (κ1) is 26.7. The van der Waals surface area contributed by atoms with Crippen molar-refractivity contribution >= 4 is 23.6 Å². The van der Waals surface area contributed by atoms with Gasteiger partial charge in [-0.1, -0.05) is 0 Å². The predicted octanol–water partition coefficient (Wildman–Crippen LogP) is 2.13. The third kappa shape index (κ3) is 5.23. The summed E-state index contributed by atoms with van der Waals surface area (Å²) in [5, 5.41) is 0. The Balaban J connectivity index is 1.37. The van der Waals surface area contributed by atoms with Crippen LogP contribution >= 0.6 is 0 Å². The number of piperidine rings is 1. The van der Waals surface area contributed by atoms with Crippen LogP contribution in [0.4, 0.5) is 8.78 Å². The van der Waals surface area contributed by atoms with Crippen molar-refractivity contribution in [3.63, 3.8) is 0 Å². The Morgan fingerprint density at radius 2 is 1.21 bits per heavy atom. The van der Waals surface area contributed by atoms with E-state index < -0.39 is 29.3 Å². The summed E-state index contributed by atoms with van der Waals surface area (Å²) in [6.45, 7) is 3.52. The number of nitrogens with zero attached hydrogens (tertiary/aromatic N) is 4. The number of piperazine rings is 1. The Bertz CT molecular complexity index is 1250. The third-order valence-electron chi connectivity index (χ3n) is 7.82. The second-order valence-electron chi connectivity index (χ2n) is 10.1. The van der Waals surface area contributed by atoms with Crippen LogP contribution in [0.5, 0.6) is 0 Å². The monoisotopic (exact) mass is 540 g/mol. The van der Waals surface area contributed by atoms with E-state index in [4.69, 9.17) is 4.74 Å². The highest BCUT2D eigenvalue weighted by atomic mass is 19.1. The lowest BCUT2D eigenvalue weighted by atomic mass is 9.96. The highest BCUT2D eigenvalue weighted by Crippen LogP contribution is 2.39. The molecule has 3 aliphatic rings. The summed E-state index contributed by atoms with van der Waals surface area (Å²) in [4.78, 5) is 58.6. The second kappa shape index (κ2) is 10.7. The Morgan fingerprint density at radius 1 is 0.718 bits per heavy atom. The van der Waals surface area contributed by atoms with Crippen LogP contribution in [-0.4, -0.2) is 101 Å². The van der Waals surface area contributed by atoms with Crippen molar-refractivity contribution in [1.82, 2.24) is 19.6 Å². The predicted molar refractivity (Wildman–Crippen MR) is 135 cm³/mol. The van der Waals surface area contributed by atoms with Gasteiger partial charge in [0.2, 0.25) is 11.8 Å². The molecule has 1 spiro atoms. The number of hydrogen-bond acceptors (Lipinski definition) is 5. The van der Waals surface area contributed by atoms with Crippen molar-refractivity contribution in [2.45, 2.75) is 31.5 Å². The van der Waals surface area contributed by atoms with E-state index in [2.05, 4.69) is 0 Å². The Labute approximate surface area is 224 Å². The van der Waals surface area contributed by atoms with E-state index in [-0.39, 0.29) is 55.8 Å². The van der Waals surface area contributed by atoms with Crippen LogP contribution in [0.25, 0.3) is 0 Å². The molecule has 2 aromatic carbocycles. The lowest BCUT2D eigenvalue weighted by molar-refractivity contribution is -0.142. The number of likely N-dealkylation sites (tertiary alicyclic amines) is 1. The van der Waals surface area contributed by atoms with Crippen LogP contribution in [0.2, 0.25) is 0 Å². The summed E-state index contributed by atoms with van der Waals surface area (Å²) < 4.78 is 33.1. The zero-order chi connectivity index (χ0) is 27.7. The molecule has 0 bridgehead atoms. The number of rotatable bonds is 3. The summed E-state index contributed by atoms with van der Waals surface area (Å²) in [7, 11) is 0.